The van der Waals surface area contributed by atoms with Gasteiger partial charge in [-0.3, -0.25) is 0 Å². The van der Waals surface area contributed by atoms with Crippen LogP contribution in [0, 0.1) is 0 Å². The molecule has 0 amide bonds. The first-order valence-electron chi connectivity index (χ1n) is 5.21. The summed E-state index contributed by atoms with van der Waals surface area (Å²) in [5.74, 6) is 0. The Kier molecular flexibility index (Phi) is 3.76. The van der Waals surface area contributed by atoms with Gasteiger partial charge in [0.15, 0.2) is 0 Å². The van der Waals surface area contributed by atoms with Crippen molar-refractivity contribution in [2.24, 2.45) is 5.11 Å². The van der Waals surface area contributed by atoms with Crippen molar-refractivity contribution in [2.45, 2.75) is 9.79 Å². The number of azide groups is 1. The third-order valence-corrected chi connectivity index (χ3v) is 4.73. The van der Waals surface area contributed by atoms with E-state index in [0.29, 0.717) is 0 Å². The van der Waals surface area contributed by atoms with E-state index in [9.17, 15) is 8.42 Å². The number of rotatable bonds is 3. The monoisotopic (exact) mass is 293 g/mol. The zero-order valence-corrected chi connectivity index (χ0v) is 11.1. The second kappa shape index (κ2) is 5.32. The van der Waals surface area contributed by atoms with E-state index in [0.717, 1.165) is 0 Å². The first-order valence-corrected chi connectivity index (χ1v) is 7.07. The third-order valence-electron chi connectivity index (χ3n) is 2.43. The smallest absolute Gasteiger partial charge is 0.208 e. The lowest BCUT2D eigenvalue weighted by Gasteiger charge is -2.08. The summed E-state index contributed by atoms with van der Waals surface area (Å²) in [6.07, 6.45) is 0. The third kappa shape index (κ3) is 2.56. The number of halogens is 1. The summed E-state index contributed by atoms with van der Waals surface area (Å²) < 4.78 is 25.0. The standard InChI is InChI=1S/C12H8ClN3O2S/c13-9-5-1-3-7-11(9)19(17,18)12-8-4-2-6-10(12)15-16-14/h1-8H. The first-order chi connectivity index (χ1) is 9.07. The fraction of sp³-hybridized carbons (Fsp3) is 0. The predicted octanol–water partition coefficient (Wildman–Crippen LogP) is 4.11. The molecule has 0 N–H and O–H groups in total. The topological polar surface area (TPSA) is 82.9 Å². The lowest BCUT2D eigenvalue weighted by atomic mass is 10.3. The lowest BCUT2D eigenvalue weighted by molar-refractivity contribution is 0.596. The Morgan fingerprint density at radius 1 is 1.00 bits per heavy atom. The molecule has 0 aliphatic rings. The van der Waals surface area contributed by atoms with Gasteiger partial charge in [-0.2, -0.15) is 0 Å². The second-order valence-corrected chi connectivity index (χ2v) is 5.88. The Bertz CT molecular complexity index is 768. The van der Waals surface area contributed by atoms with Crippen molar-refractivity contribution >= 4 is 27.1 Å². The van der Waals surface area contributed by atoms with E-state index in [2.05, 4.69) is 10.0 Å². The molecule has 0 saturated carbocycles. The molecule has 96 valence electrons. The van der Waals surface area contributed by atoms with Gasteiger partial charge in [-0.15, -0.1) is 0 Å². The van der Waals surface area contributed by atoms with Crippen molar-refractivity contribution in [2.75, 3.05) is 0 Å². The van der Waals surface area contributed by atoms with Gasteiger partial charge in [-0.1, -0.05) is 47.0 Å². The van der Waals surface area contributed by atoms with Crippen LogP contribution in [0.5, 0.6) is 0 Å². The van der Waals surface area contributed by atoms with Crippen molar-refractivity contribution in [1.82, 2.24) is 0 Å². The first kappa shape index (κ1) is 13.4. The Labute approximate surface area is 115 Å². The maximum Gasteiger partial charge on any atom is 0.208 e. The Morgan fingerprint density at radius 3 is 2.21 bits per heavy atom. The van der Waals surface area contributed by atoms with Gasteiger partial charge in [0, 0.05) is 4.91 Å². The minimum Gasteiger partial charge on any atom is -0.218 e. The summed E-state index contributed by atoms with van der Waals surface area (Å²) in [7, 11) is -3.82. The summed E-state index contributed by atoms with van der Waals surface area (Å²) in [4.78, 5) is 2.54. The number of nitrogens with zero attached hydrogens (tertiary/aromatic N) is 3. The molecule has 0 aliphatic carbocycles. The second-order valence-electron chi connectivity index (χ2n) is 3.59. The van der Waals surface area contributed by atoms with Gasteiger partial charge in [-0.05, 0) is 23.7 Å². The molecule has 5 nitrogen and oxygen atoms in total. The van der Waals surface area contributed by atoms with Gasteiger partial charge < -0.3 is 0 Å². The molecule has 2 rings (SSSR count). The van der Waals surface area contributed by atoms with Crippen LogP contribution in [0.1, 0.15) is 0 Å². The largest absolute Gasteiger partial charge is 0.218 e. The summed E-state index contributed by atoms with van der Waals surface area (Å²) >= 11 is 5.91. The average Bonchev–Trinajstić information content (AvgIpc) is 2.40. The molecule has 0 aliphatic heterocycles. The molecule has 0 heterocycles. The van der Waals surface area contributed by atoms with Crippen LogP contribution in [-0.4, -0.2) is 8.42 Å². The van der Waals surface area contributed by atoms with Crippen LogP contribution in [0.25, 0.3) is 10.4 Å². The summed E-state index contributed by atoms with van der Waals surface area (Å²) in [6.45, 7) is 0. The highest BCUT2D eigenvalue weighted by atomic mass is 35.5. The van der Waals surface area contributed by atoms with Gasteiger partial charge >= 0.3 is 0 Å². The molecule has 19 heavy (non-hydrogen) atoms. The zero-order chi connectivity index (χ0) is 13.9. The molecule has 2 aromatic rings. The normalized spacial score (nSPS) is 10.8. The van der Waals surface area contributed by atoms with Gasteiger partial charge in [-0.25, -0.2) is 8.42 Å². The maximum absolute atomic E-state index is 12.5. The molecular formula is C12H8ClN3O2S. The van der Waals surface area contributed by atoms with E-state index in [4.69, 9.17) is 17.1 Å². The molecule has 2 aromatic carbocycles. The minimum absolute atomic E-state index is 0.0164. The maximum atomic E-state index is 12.5. The Balaban J connectivity index is 2.71. The summed E-state index contributed by atoms with van der Waals surface area (Å²) in [5, 5.41) is 3.51. The molecule has 0 fully saturated rings. The quantitative estimate of drug-likeness (QED) is 0.484. The van der Waals surface area contributed by atoms with E-state index >= 15 is 0 Å². The van der Waals surface area contributed by atoms with Crippen LogP contribution in [0.3, 0.4) is 0 Å². The minimum atomic E-state index is -3.82. The number of hydrogen-bond donors (Lipinski definition) is 0. The zero-order valence-electron chi connectivity index (χ0n) is 9.56. The van der Waals surface area contributed by atoms with Crippen molar-refractivity contribution < 1.29 is 8.42 Å². The van der Waals surface area contributed by atoms with Crippen molar-refractivity contribution in [3.63, 3.8) is 0 Å². The van der Waals surface area contributed by atoms with Crippen LogP contribution in [0.4, 0.5) is 5.69 Å². The van der Waals surface area contributed by atoms with E-state index < -0.39 is 9.84 Å². The van der Waals surface area contributed by atoms with Crippen molar-refractivity contribution in [1.29, 1.82) is 0 Å². The van der Waals surface area contributed by atoms with Gasteiger partial charge in [0.2, 0.25) is 9.84 Å². The van der Waals surface area contributed by atoms with Gasteiger partial charge in [0.05, 0.1) is 20.5 Å². The Hall–Kier alpha value is -2.01. The number of benzene rings is 2. The van der Waals surface area contributed by atoms with Crippen LogP contribution in [0.15, 0.2) is 63.4 Å². The molecule has 0 radical (unpaired) electrons. The summed E-state index contributed by atoms with van der Waals surface area (Å²) in [6, 6.07) is 12.1. The van der Waals surface area contributed by atoms with Crippen LogP contribution >= 0.6 is 11.6 Å². The SMILES string of the molecule is [N-]=[N+]=Nc1ccccc1S(=O)(=O)c1ccccc1Cl. The molecular weight excluding hydrogens is 286 g/mol. The number of sulfone groups is 1. The molecule has 0 unspecified atom stereocenters. The fourth-order valence-corrected chi connectivity index (χ4v) is 3.50. The van der Waals surface area contributed by atoms with E-state index in [1.165, 1.54) is 24.3 Å². The van der Waals surface area contributed by atoms with E-state index in [-0.39, 0.29) is 20.5 Å². The highest BCUT2D eigenvalue weighted by Crippen LogP contribution is 2.32. The molecule has 0 atom stereocenters. The average molecular weight is 294 g/mol. The molecule has 7 heteroatoms. The fourth-order valence-electron chi connectivity index (χ4n) is 1.60. The van der Waals surface area contributed by atoms with E-state index in [1.54, 1.807) is 24.3 Å². The highest BCUT2D eigenvalue weighted by Gasteiger charge is 2.22. The molecule has 0 saturated heterocycles. The van der Waals surface area contributed by atoms with Crippen LogP contribution in [0.2, 0.25) is 5.02 Å². The van der Waals surface area contributed by atoms with Crippen molar-refractivity contribution in [3.8, 4) is 0 Å². The van der Waals surface area contributed by atoms with Crippen LogP contribution < -0.4 is 0 Å². The van der Waals surface area contributed by atoms with Crippen molar-refractivity contribution in [3.05, 3.63) is 64.0 Å². The number of hydrogen-bond acceptors (Lipinski definition) is 3. The predicted molar refractivity (Wildman–Crippen MR) is 72.2 cm³/mol. The highest BCUT2D eigenvalue weighted by molar-refractivity contribution is 7.91. The molecule has 0 spiro atoms. The van der Waals surface area contributed by atoms with Gasteiger partial charge in [0.25, 0.3) is 0 Å². The van der Waals surface area contributed by atoms with E-state index in [1.807, 2.05) is 0 Å². The molecule has 0 bridgehead atoms. The molecule has 0 aromatic heterocycles. The van der Waals surface area contributed by atoms with Crippen LogP contribution in [-0.2, 0) is 9.84 Å². The van der Waals surface area contributed by atoms with Gasteiger partial charge in [0.1, 0.15) is 0 Å². The Morgan fingerprint density at radius 2 is 1.58 bits per heavy atom. The lowest BCUT2D eigenvalue weighted by Crippen LogP contribution is -2.02. The summed E-state index contributed by atoms with van der Waals surface area (Å²) in [5.41, 5.74) is 8.52.